The van der Waals surface area contributed by atoms with Crippen molar-refractivity contribution in [2.75, 3.05) is 16.8 Å². The van der Waals surface area contributed by atoms with Crippen molar-refractivity contribution in [3.8, 4) is 0 Å². The Morgan fingerprint density at radius 3 is 2.71 bits per heavy atom. The molecule has 1 heterocycles. The second kappa shape index (κ2) is 6.19. The zero-order valence-electron chi connectivity index (χ0n) is 10.1. The van der Waals surface area contributed by atoms with E-state index in [4.69, 9.17) is 0 Å². The van der Waals surface area contributed by atoms with Crippen molar-refractivity contribution >= 4 is 37.7 Å². The largest absolute Gasteiger partial charge is 0.353 e. The second-order valence-corrected chi connectivity index (χ2v) is 6.32. The van der Waals surface area contributed by atoms with Crippen LogP contribution in [0.5, 0.6) is 0 Å². The molecule has 1 fully saturated rings. The topological polar surface area (TPSA) is 16.1 Å². The van der Waals surface area contributed by atoms with Gasteiger partial charge in [-0.15, -0.1) is 0 Å². The van der Waals surface area contributed by atoms with Crippen LogP contribution < -0.4 is 4.90 Å². The van der Waals surface area contributed by atoms with Gasteiger partial charge in [0.15, 0.2) is 0 Å². The summed E-state index contributed by atoms with van der Waals surface area (Å²) in [5.74, 6) is 1.15. The molecule has 0 spiro atoms. The molecule has 0 unspecified atom stereocenters. The van der Waals surface area contributed by atoms with Crippen molar-refractivity contribution < 1.29 is 0 Å². The van der Waals surface area contributed by atoms with Gasteiger partial charge in [-0.2, -0.15) is 0 Å². The minimum absolute atomic E-state index is 0.680. The van der Waals surface area contributed by atoms with Gasteiger partial charge in [0.05, 0.1) is 0 Å². The van der Waals surface area contributed by atoms with E-state index in [9.17, 15) is 0 Å². The maximum absolute atomic E-state index is 4.60. The van der Waals surface area contributed by atoms with Crippen molar-refractivity contribution in [3.05, 3.63) is 22.3 Å². The van der Waals surface area contributed by atoms with E-state index in [1.807, 2.05) is 6.20 Å². The van der Waals surface area contributed by atoms with Gasteiger partial charge in [-0.3, -0.25) is 0 Å². The Morgan fingerprint density at radius 1 is 1.41 bits per heavy atom. The minimum Gasteiger partial charge on any atom is -0.353 e. The monoisotopic (exact) mass is 360 g/mol. The molecule has 1 aromatic heterocycles. The molecule has 1 aliphatic carbocycles. The lowest BCUT2D eigenvalue weighted by Gasteiger charge is -2.30. The third-order valence-corrected chi connectivity index (χ3v) is 4.17. The zero-order chi connectivity index (χ0) is 12.3. The molecule has 0 N–H and O–H groups in total. The normalized spacial score (nSPS) is 16.4. The smallest absolute Gasteiger partial charge is 0.131 e. The highest BCUT2D eigenvalue weighted by molar-refractivity contribution is 9.10. The van der Waals surface area contributed by atoms with E-state index >= 15 is 0 Å². The van der Waals surface area contributed by atoms with E-state index in [1.165, 1.54) is 31.2 Å². The number of rotatable bonds is 4. The predicted molar refractivity (Wildman–Crippen MR) is 80.1 cm³/mol. The van der Waals surface area contributed by atoms with Crippen LogP contribution >= 0.6 is 31.9 Å². The summed E-state index contributed by atoms with van der Waals surface area (Å²) in [4.78, 5) is 7.08. The summed E-state index contributed by atoms with van der Waals surface area (Å²) in [6.07, 6.45) is 7.24. The maximum atomic E-state index is 4.60. The zero-order valence-corrected chi connectivity index (χ0v) is 13.3. The molecule has 4 heteroatoms. The number of hydrogen-bond donors (Lipinski definition) is 0. The standard InChI is InChI=1S/C13H18Br2N2/c1-10-8-11(15)9-16-13(10)17(7-6-14)12-4-2-3-5-12/h8-9,12H,2-7H2,1H3. The van der Waals surface area contributed by atoms with E-state index < -0.39 is 0 Å². The summed E-state index contributed by atoms with van der Waals surface area (Å²) >= 11 is 7.03. The van der Waals surface area contributed by atoms with Gasteiger partial charge in [0.25, 0.3) is 0 Å². The molecule has 0 aromatic carbocycles. The first-order valence-electron chi connectivity index (χ1n) is 6.17. The Labute approximate surface area is 120 Å². The molecule has 94 valence electrons. The number of pyridine rings is 1. The average Bonchev–Trinajstić information content (AvgIpc) is 2.80. The van der Waals surface area contributed by atoms with E-state index in [2.05, 4.69) is 54.7 Å². The highest BCUT2D eigenvalue weighted by Gasteiger charge is 2.24. The van der Waals surface area contributed by atoms with Crippen LogP contribution in [0.4, 0.5) is 5.82 Å². The molecule has 0 amide bonds. The minimum atomic E-state index is 0.680. The van der Waals surface area contributed by atoms with E-state index in [0.717, 1.165) is 22.2 Å². The summed E-state index contributed by atoms with van der Waals surface area (Å²) in [6.45, 7) is 3.18. The van der Waals surface area contributed by atoms with E-state index in [1.54, 1.807) is 0 Å². The molecule has 0 bridgehead atoms. The van der Waals surface area contributed by atoms with Crippen LogP contribution in [0.3, 0.4) is 0 Å². The summed E-state index contributed by atoms with van der Waals surface area (Å²) < 4.78 is 1.06. The lowest BCUT2D eigenvalue weighted by molar-refractivity contribution is 0.614. The summed E-state index contributed by atoms with van der Waals surface area (Å²) in [6, 6.07) is 2.83. The number of anilines is 1. The van der Waals surface area contributed by atoms with Gasteiger partial charge in [0.1, 0.15) is 5.82 Å². The highest BCUT2D eigenvalue weighted by atomic mass is 79.9. The van der Waals surface area contributed by atoms with Crippen molar-refractivity contribution in [2.45, 2.75) is 38.6 Å². The fraction of sp³-hybridized carbons (Fsp3) is 0.615. The van der Waals surface area contributed by atoms with E-state index in [-0.39, 0.29) is 0 Å². The van der Waals surface area contributed by atoms with Crippen molar-refractivity contribution in [1.29, 1.82) is 0 Å². The Hall–Kier alpha value is -0.0900. The number of aryl methyl sites for hydroxylation is 1. The Bertz CT molecular complexity index is 376. The second-order valence-electron chi connectivity index (χ2n) is 4.61. The fourth-order valence-electron chi connectivity index (χ4n) is 2.60. The molecule has 0 aliphatic heterocycles. The number of aromatic nitrogens is 1. The first-order chi connectivity index (χ1) is 8.22. The molecule has 1 aliphatic rings. The van der Waals surface area contributed by atoms with Gasteiger partial charge in [0, 0.05) is 28.6 Å². The molecule has 2 rings (SSSR count). The summed E-state index contributed by atoms with van der Waals surface area (Å²) in [5, 5.41) is 1.00. The molecule has 0 atom stereocenters. The first-order valence-corrected chi connectivity index (χ1v) is 8.08. The number of alkyl halides is 1. The van der Waals surface area contributed by atoms with Gasteiger partial charge >= 0.3 is 0 Å². The van der Waals surface area contributed by atoms with Crippen molar-refractivity contribution in [1.82, 2.24) is 4.98 Å². The van der Waals surface area contributed by atoms with E-state index in [0.29, 0.717) is 6.04 Å². The van der Waals surface area contributed by atoms with Crippen LogP contribution in [0.1, 0.15) is 31.2 Å². The maximum Gasteiger partial charge on any atom is 0.131 e. The van der Waals surface area contributed by atoms with Crippen molar-refractivity contribution in [3.63, 3.8) is 0 Å². The molecule has 1 aromatic rings. The molecule has 0 radical (unpaired) electrons. The molecule has 1 saturated carbocycles. The number of halogens is 2. The van der Waals surface area contributed by atoms with Crippen LogP contribution in [0, 0.1) is 6.92 Å². The van der Waals surface area contributed by atoms with Gasteiger partial charge in [0.2, 0.25) is 0 Å². The highest BCUT2D eigenvalue weighted by Crippen LogP contribution is 2.29. The van der Waals surface area contributed by atoms with Crippen molar-refractivity contribution in [2.24, 2.45) is 0 Å². The Morgan fingerprint density at radius 2 is 2.12 bits per heavy atom. The molecular formula is C13H18Br2N2. The van der Waals surface area contributed by atoms with Crippen LogP contribution in [0.25, 0.3) is 0 Å². The lowest BCUT2D eigenvalue weighted by atomic mass is 10.2. The predicted octanol–water partition coefficient (Wildman–Crippen LogP) is 4.30. The Balaban J connectivity index is 2.24. The van der Waals surface area contributed by atoms with Gasteiger partial charge in [-0.25, -0.2) is 4.98 Å². The lowest BCUT2D eigenvalue weighted by Crippen LogP contribution is -2.36. The SMILES string of the molecule is Cc1cc(Br)cnc1N(CCBr)C1CCCC1. The quantitative estimate of drug-likeness (QED) is 0.743. The summed E-state index contributed by atoms with van der Waals surface area (Å²) in [5.41, 5.74) is 1.26. The Kier molecular flexibility index (Phi) is 4.86. The third kappa shape index (κ3) is 3.22. The third-order valence-electron chi connectivity index (χ3n) is 3.38. The molecule has 2 nitrogen and oxygen atoms in total. The number of hydrogen-bond acceptors (Lipinski definition) is 2. The van der Waals surface area contributed by atoms with Crippen LogP contribution in [0.15, 0.2) is 16.7 Å². The summed E-state index contributed by atoms with van der Waals surface area (Å²) in [7, 11) is 0. The average molecular weight is 362 g/mol. The number of nitrogens with zero attached hydrogens (tertiary/aromatic N) is 2. The fourth-order valence-corrected chi connectivity index (χ4v) is 3.43. The van der Waals surface area contributed by atoms with Crippen LogP contribution in [0.2, 0.25) is 0 Å². The van der Waals surface area contributed by atoms with Gasteiger partial charge < -0.3 is 4.90 Å². The van der Waals surface area contributed by atoms with Crippen LogP contribution in [-0.2, 0) is 0 Å². The molecule has 17 heavy (non-hydrogen) atoms. The first kappa shape index (κ1) is 13.3. The molecular weight excluding hydrogens is 344 g/mol. The van der Waals surface area contributed by atoms with Gasteiger partial charge in [-0.05, 0) is 47.3 Å². The van der Waals surface area contributed by atoms with Gasteiger partial charge in [-0.1, -0.05) is 28.8 Å². The molecule has 0 saturated heterocycles. The van der Waals surface area contributed by atoms with Crippen LogP contribution in [-0.4, -0.2) is 22.9 Å².